The maximum Gasteiger partial charge on any atom is 0.327 e. The SMILES string of the molecule is CC(=O)NC(CSc1nc(C)cc(C)c1C#N)C(=O)O. The van der Waals surface area contributed by atoms with Gasteiger partial charge in [-0.25, -0.2) is 9.78 Å². The number of aromatic nitrogens is 1. The topological polar surface area (TPSA) is 103 Å². The number of pyridine rings is 1. The fourth-order valence-electron chi connectivity index (χ4n) is 1.63. The maximum absolute atomic E-state index is 11.0. The average molecular weight is 293 g/mol. The summed E-state index contributed by atoms with van der Waals surface area (Å²) in [5, 5.41) is 21.0. The van der Waals surface area contributed by atoms with Crippen LogP contribution >= 0.6 is 11.8 Å². The Bertz CT molecular complexity index is 581. The van der Waals surface area contributed by atoms with Crippen LogP contribution in [0.4, 0.5) is 0 Å². The van der Waals surface area contributed by atoms with Gasteiger partial charge in [0.25, 0.3) is 0 Å². The van der Waals surface area contributed by atoms with E-state index >= 15 is 0 Å². The van der Waals surface area contributed by atoms with E-state index in [2.05, 4.69) is 16.4 Å². The first-order valence-corrected chi connectivity index (χ1v) is 6.84. The molecule has 0 saturated heterocycles. The minimum Gasteiger partial charge on any atom is -0.480 e. The Labute approximate surface area is 121 Å². The number of hydrogen-bond acceptors (Lipinski definition) is 5. The number of aliphatic carboxylic acids is 1. The van der Waals surface area contributed by atoms with E-state index in [-0.39, 0.29) is 5.75 Å². The van der Waals surface area contributed by atoms with Crippen LogP contribution in [0.5, 0.6) is 0 Å². The lowest BCUT2D eigenvalue weighted by atomic mass is 10.1. The number of thioether (sulfide) groups is 1. The van der Waals surface area contributed by atoms with Gasteiger partial charge in [0.1, 0.15) is 17.1 Å². The van der Waals surface area contributed by atoms with Crippen molar-refractivity contribution in [1.82, 2.24) is 10.3 Å². The Kier molecular flexibility index (Phi) is 5.53. The Morgan fingerprint density at radius 3 is 2.70 bits per heavy atom. The highest BCUT2D eigenvalue weighted by Crippen LogP contribution is 2.24. The molecular formula is C13H15N3O3S. The highest BCUT2D eigenvalue weighted by Gasteiger charge is 2.20. The van der Waals surface area contributed by atoms with Crippen LogP contribution in [-0.4, -0.2) is 33.8 Å². The normalized spacial score (nSPS) is 11.5. The smallest absolute Gasteiger partial charge is 0.327 e. The number of carbonyl (C=O) groups is 2. The largest absolute Gasteiger partial charge is 0.480 e. The Morgan fingerprint density at radius 1 is 1.55 bits per heavy atom. The van der Waals surface area contributed by atoms with Crippen LogP contribution in [-0.2, 0) is 9.59 Å². The molecule has 1 heterocycles. The molecule has 0 aromatic carbocycles. The maximum atomic E-state index is 11.0. The molecule has 1 rings (SSSR count). The quantitative estimate of drug-likeness (QED) is 0.792. The molecule has 1 aromatic rings. The molecule has 0 fully saturated rings. The van der Waals surface area contributed by atoms with Gasteiger partial charge in [-0.05, 0) is 25.5 Å². The number of rotatable bonds is 5. The second-order valence-electron chi connectivity index (χ2n) is 4.27. The van der Waals surface area contributed by atoms with Gasteiger partial charge in [0, 0.05) is 18.4 Å². The lowest BCUT2D eigenvalue weighted by Gasteiger charge is -2.13. The highest BCUT2D eigenvalue weighted by molar-refractivity contribution is 7.99. The summed E-state index contributed by atoms with van der Waals surface area (Å²) < 4.78 is 0. The molecule has 0 spiro atoms. The van der Waals surface area contributed by atoms with E-state index < -0.39 is 17.9 Å². The average Bonchev–Trinajstić information content (AvgIpc) is 2.33. The third-order valence-corrected chi connectivity index (χ3v) is 3.55. The van der Waals surface area contributed by atoms with Gasteiger partial charge in [0.05, 0.1) is 5.56 Å². The van der Waals surface area contributed by atoms with Crippen LogP contribution in [0.3, 0.4) is 0 Å². The van der Waals surface area contributed by atoms with E-state index in [4.69, 9.17) is 10.4 Å². The minimum atomic E-state index is -1.12. The Balaban J connectivity index is 2.91. The minimum absolute atomic E-state index is 0.111. The molecule has 0 aliphatic rings. The van der Waals surface area contributed by atoms with Gasteiger partial charge in [0.15, 0.2) is 0 Å². The van der Waals surface area contributed by atoms with E-state index in [0.29, 0.717) is 10.6 Å². The monoisotopic (exact) mass is 293 g/mol. The van der Waals surface area contributed by atoms with Crippen LogP contribution in [0.1, 0.15) is 23.7 Å². The number of carbonyl (C=O) groups excluding carboxylic acids is 1. The van der Waals surface area contributed by atoms with E-state index in [1.54, 1.807) is 19.9 Å². The molecular weight excluding hydrogens is 278 g/mol. The predicted molar refractivity (Wildman–Crippen MR) is 74.4 cm³/mol. The lowest BCUT2D eigenvalue weighted by molar-refractivity contribution is -0.140. The Morgan fingerprint density at radius 2 is 2.20 bits per heavy atom. The number of carboxylic acids is 1. The third-order valence-electron chi connectivity index (χ3n) is 2.49. The zero-order valence-electron chi connectivity index (χ0n) is 11.4. The van der Waals surface area contributed by atoms with E-state index in [1.165, 1.54) is 6.92 Å². The molecule has 20 heavy (non-hydrogen) atoms. The van der Waals surface area contributed by atoms with Crippen molar-refractivity contribution < 1.29 is 14.7 Å². The van der Waals surface area contributed by atoms with E-state index in [1.807, 2.05) is 0 Å². The van der Waals surface area contributed by atoms with E-state index in [0.717, 1.165) is 23.0 Å². The molecule has 0 aliphatic carbocycles. The second kappa shape index (κ2) is 6.91. The number of aryl methyl sites for hydroxylation is 2. The summed E-state index contributed by atoms with van der Waals surface area (Å²) >= 11 is 1.15. The first-order valence-electron chi connectivity index (χ1n) is 5.86. The molecule has 0 bridgehead atoms. The highest BCUT2D eigenvalue weighted by atomic mass is 32.2. The molecule has 1 atom stereocenters. The molecule has 1 unspecified atom stereocenters. The fourth-order valence-corrected chi connectivity index (χ4v) is 2.74. The molecule has 1 aromatic heterocycles. The summed E-state index contributed by atoms with van der Waals surface area (Å²) in [6, 6.07) is 2.86. The molecule has 6 nitrogen and oxygen atoms in total. The summed E-state index contributed by atoms with van der Waals surface area (Å²) in [7, 11) is 0. The van der Waals surface area contributed by atoms with Gasteiger partial charge in [0.2, 0.25) is 5.91 Å². The van der Waals surface area contributed by atoms with Gasteiger partial charge >= 0.3 is 5.97 Å². The van der Waals surface area contributed by atoms with Gasteiger partial charge in [-0.2, -0.15) is 5.26 Å². The number of amides is 1. The number of hydrogen-bond donors (Lipinski definition) is 2. The van der Waals surface area contributed by atoms with Crippen LogP contribution in [0.2, 0.25) is 0 Å². The van der Waals surface area contributed by atoms with Crippen molar-refractivity contribution in [2.45, 2.75) is 31.8 Å². The molecule has 7 heteroatoms. The molecule has 1 amide bonds. The summed E-state index contributed by atoms with van der Waals surface area (Å²) in [5.41, 5.74) is 2.00. The molecule has 106 valence electrons. The molecule has 0 aliphatic heterocycles. The van der Waals surface area contributed by atoms with Gasteiger partial charge in [-0.3, -0.25) is 4.79 Å². The zero-order chi connectivity index (χ0) is 15.3. The third kappa shape index (κ3) is 4.24. The first-order chi connectivity index (χ1) is 9.35. The fraction of sp³-hybridized carbons (Fsp3) is 0.385. The van der Waals surface area contributed by atoms with Crippen LogP contribution in [0.25, 0.3) is 0 Å². The van der Waals surface area contributed by atoms with Crippen LogP contribution < -0.4 is 5.32 Å². The van der Waals surface area contributed by atoms with Crippen molar-refractivity contribution in [3.63, 3.8) is 0 Å². The van der Waals surface area contributed by atoms with Crippen molar-refractivity contribution in [2.75, 3.05) is 5.75 Å². The number of nitriles is 1. The first kappa shape index (κ1) is 16.0. The van der Waals surface area contributed by atoms with Crippen molar-refractivity contribution in [1.29, 1.82) is 5.26 Å². The van der Waals surface area contributed by atoms with Crippen molar-refractivity contribution in [2.24, 2.45) is 0 Å². The van der Waals surface area contributed by atoms with Gasteiger partial charge < -0.3 is 10.4 Å². The Hall–Kier alpha value is -2.07. The molecule has 2 N–H and O–H groups in total. The predicted octanol–water partition coefficient (Wildman–Crippen LogP) is 1.25. The summed E-state index contributed by atoms with van der Waals surface area (Å²) in [6.45, 7) is 4.87. The van der Waals surface area contributed by atoms with Crippen LogP contribution in [0.15, 0.2) is 11.1 Å². The number of nitrogens with zero attached hydrogens (tertiary/aromatic N) is 2. The van der Waals surface area contributed by atoms with Gasteiger partial charge in [-0.1, -0.05) is 0 Å². The summed E-state index contributed by atoms with van der Waals surface area (Å²) in [4.78, 5) is 26.2. The zero-order valence-corrected chi connectivity index (χ0v) is 12.2. The van der Waals surface area contributed by atoms with Crippen molar-refractivity contribution in [3.8, 4) is 6.07 Å². The lowest BCUT2D eigenvalue weighted by Crippen LogP contribution is -2.41. The van der Waals surface area contributed by atoms with Crippen molar-refractivity contribution >= 4 is 23.6 Å². The molecule has 0 saturated carbocycles. The standard InChI is InChI=1S/C13H15N3O3S/c1-7-4-8(2)15-12(10(7)5-14)20-6-11(13(18)19)16-9(3)17/h4,11H,6H2,1-3H3,(H,16,17)(H,18,19). The number of nitrogens with one attached hydrogen (secondary N) is 1. The number of carboxylic acid groups (broad SMARTS) is 1. The molecule has 0 radical (unpaired) electrons. The van der Waals surface area contributed by atoms with Crippen molar-refractivity contribution in [3.05, 3.63) is 22.9 Å². The summed E-state index contributed by atoms with van der Waals surface area (Å²) in [5.74, 6) is -1.41. The van der Waals surface area contributed by atoms with E-state index in [9.17, 15) is 9.59 Å². The van der Waals surface area contributed by atoms with Crippen LogP contribution in [0, 0.1) is 25.2 Å². The second-order valence-corrected chi connectivity index (χ2v) is 5.28. The van der Waals surface area contributed by atoms with Gasteiger partial charge in [-0.15, -0.1) is 11.8 Å². The summed E-state index contributed by atoms with van der Waals surface area (Å²) in [6.07, 6.45) is 0.